The van der Waals surface area contributed by atoms with Crippen LogP contribution < -0.4 is 0 Å². The molecule has 1 aliphatic heterocycles. The van der Waals surface area contributed by atoms with E-state index in [1.807, 2.05) is 0 Å². The first-order chi connectivity index (χ1) is 10.3. The van der Waals surface area contributed by atoms with Crippen LogP contribution in [0, 0.1) is 12.8 Å². The Morgan fingerprint density at radius 3 is 2.86 bits per heavy atom. The Labute approximate surface area is 138 Å². The maximum Gasteiger partial charge on any atom is 0.244 e. The molecule has 0 amide bonds. The van der Waals surface area contributed by atoms with Crippen LogP contribution in [-0.4, -0.2) is 55.8 Å². The minimum atomic E-state index is -3.47. The molecule has 0 bridgehead atoms. The quantitative estimate of drug-likeness (QED) is 0.743. The molecule has 22 heavy (non-hydrogen) atoms. The Balaban J connectivity index is 2.06. The molecule has 2 rings (SSSR count). The van der Waals surface area contributed by atoms with E-state index in [1.165, 1.54) is 6.20 Å². The summed E-state index contributed by atoms with van der Waals surface area (Å²) in [6.07, 6.45) is 3.37. The summed E-state index contributed by atoms with van der Waals surface area (Å²) in [4.78, 5) is 6.47. The van der Waals surface area contributed by atoms with Gasteiger partial charge in [0.2, 0.25) is 10.0 Å². The van der Waals surface area contributed by atoms with Crippen molar-refractivity contribution in [3.63, 3.8) is 0 Å². The molecule has 1 aromatic heterocycles. The molecule has 7 heteroatoms. The lowest BCUT2D eigenvalue weighted by Crippen LogP contribution is -2.32. The molecule has 1 aromatic rings. The van der Waals surface area contributed by atoms with E-state index in [0.29, 0.717) is 29.7 Å². The van der Waals surface area contributed by atoms with E-state index in [4.69, 9.17) is 11.6 Å². The number of aryl methyl sites for hydroxylation is 1. The second-order valence-electron chi connectivity index (χ2n) is 6.06. The normalized spacial score (nSPS) is 20.0. The van der Waals surface area contributed by atoms with Gasteiger partial charge in [-0.25, -0.2) is 13.4 Å². The van der Waals surface area contributed by atoms with Crippen molar-refractivity contribution in [3.05, 3.63) is 23.0 Å². The van der Waals surface area contributed by atoms with Gasteiger partial charge < -0.3 is 4.90 Å². The molecule has 1 saturated heterocycles. The maximum absolute atomic E-state index is 12.7. The fraction of sp³-hybridized carbons (Fsp3) is 0.667. The average molecular weight is 346 g/mol. The first kappa shape index (κ1) is 17.7. The van der Waals surface area contributed by atoms with Crippen LogP contribution in [0.2, 0.25) is 5.15 Å². The highest BCUT2D eigenvalue weighted by molar-refractivity contribution is 7.89. The average Bonchev–Trinajstić information content (AvgIpc) is 2.91. The lowest BCUT2D eigenvalue weighted by molar-refractivity contribution is 0.281. The van der Waals surface area contributed by atoms with Crippen LogP contribution in [0.1, 0.15) is 25.3 Å². The Morgan fingerprint density at radius 1 is 1.50 bits per heavy atom. The second-order valence-corrected chi connectivity index (χ2v) is 8.35. The summed E-state index contributed by atoms with van der Waals surface area (Å²) >= 11 is 5.88. The van der Waals surface area contributed by atoms with Crippen LogP contribution in [0.4, 0.5) is 0 Å². The van der Waals surface area contributed by atoms with Gasteiger partial charge in [0.1, 0.15) is 10.0 Å². The van der Waals surface area contributed by atoms with Gasteiger partial charge in [-0.1, -0.05) is 18.5 Å². The van der Waals surface area contributed by atoms with E-state index < -0.39 is 10.0 Å². The fourth-order valence-corrected chi connectivity index (χ4v) is 4.57. The first-order valence-corrected chi connectivity index (χ1v) is 9.47. The largest absolute Gasteiger partial charge is 0.306 e. The number of sulfonamides is 1. The summed E-state index contributed by atoms with van der Waals surface area (Å²) in [6.45, 7) is 7.06. The van der Waals surface area contributed by atoms with E-state index in [0.717, 1.165) is 25.9 Å². The molecule has 0 unspecified atom stereocenters. The molecule has 2 heterocycles. The van der Waals surface area contributed by atoms with Crippen LogP contribution in [0.5, 0.6) is 0 Å². The van der Waals surface area contributed by atoms with Crippen molar-refractivity contribution in [2.24, 2.45) is 5.92 Å². The molecular formula is C15H24ClN3O2S. The van der Waals surface area contributed by atoms with Crippen LogP contribution in [0.3, 0.4) is 0 Å². The SMILES string of the molecule is CCCN(C)C[C@H]1CCN(S(=O)(=O)c2cnc(Cl)c(C)c2)C1. The highest BCUT2D eigenvalue weighted by Gasteiger charge is 2.33. The smallest absolute Gasteiger partial charge is 0.244 e. The van der Waals surface area contributed by atoms with E-state index >= 15 is 0 Å². The van der Waals surface area contributed by atoms with Crippen molar-refractivity contribution in [3.8, 4) is 0 Å². The summed E-state index contributed by atoms with van der Waals surface area (Å²) in [5.41, 5.74) is 0.682. The second kappa shape index (κ2) is 7.25. The molecule has 0 aliphatic carbocycles. The number of hydrogen-bond donors (Lipinski definition) is 0. The zero-order valence-electron chi connectivity index (χ0n) is 13.4. The molecule has 5 nitrogen and oxygen atoms in total. The highest BCUT2D eigenvalue weighted by Crippen LogP contribution is 2.26. The van der Waals surface area contributed by atoms with Crippen molar-refractivity contribution in [2.45, 2.75) is 31.6 Å². The van der Waals surface area contributed by atoms with E-state index in [-0.39, 0.29) is 4.90 Å². The summed E-state index contributed by atoms with van der Waals surface area (Å²) in [6, 6.07) is 1.60. The van der Waals surface area contributed by atoms with Crippen molar-refractivity contribution in [1.82, 2.24) is 14.2 Å². The Bertz CT molecular complexity index is 621. The maximum atomic E-state index is 12.7. The topological polar surface area (TPSA) is 53.5 Å². The first-order valence-electron chi connectivity index (χ1n) is 7.65. The minimum absolute atomic E-state index is 0.233. The fourth-order valence-electron chi connectivity index (χ4n) is 2.90. The van der Waals surface area contributed by atoms with Crippen molar-refractivity contribution >= 4 is 21.6 Å². The molecule has 124 valence electrons. The third-order valence-electron chi connectivity index (χ3n) is 4.05. The summed E-state index contributed by atoms with van der Waals surface area (Å²) in [5, 5.41) is 0.347. The predicted molar refractivity (Wildman–Crippen MR) is 88.6 cm³/mol. The van der Waals surface area contributed by atoms with Crippen molar-refractivity contribution < 1.29 is 8.42 Å². The van der Waals surface area contributed by atoms with E-state index in [2.05, 4.69) is 23.9 Å². The van der Waals surface area contributed by atoms with Crippen LogP contribution in [0.25, 0.3) is 0 Å². The van der Waals surface area contributed by atoms with Gasteiger partial charge in [-0.3, -0.25) is 0 Å². The van der Waals surface area contributed by atoms with Gasteiger partial charge in [-0.15, -0.1) is 0 Å². The zero-order valence-corrected chi connectivity index (χ0v) is 15.0. The van der Waals surface area contributed by atoms with Gasteiger partial charge in [-0.05, 0) is 50.9 Å². The van der Waals surface area contributed by atoms with Gasteiger partial charge in [0.25, 0.3) is 0 Å². The molecule has 0 radical (unpaired) electrons. The third-order valence-corrected chi connectivity index (χ3v) is 6.28. The van der Waals surface area contributed by atoms with Crippen molar-refractivity contribution in [1.29, 1.82) is 0 Å². The summed E-state index contributed by atoms with van der Waals surface area (Å²) < 4.78 is 26.9. The zero-order chi connectivity index (χ0) is 16.3. The van der Waals surface area contributed by atoms with Gasteiger partial charge >= 0.3 is 0 Å². The lowest BCUT2D eigenvalue weighted by atomic mass is 10.1. The van der Waals surface area contributed by atoms with Crippen molar-refractivity contribution in [2.75, 3.05) is 33.2 Å². The summed E-state index contributed by atoms with van der Waals surface area (Å²) in [7, 11) is -1.37. The standard InChI is InChI=1S/C15H24ClN3O2S/c1-4-6-18(3)10-13-5-7-19(11-13)22(20,21)14-8-12(2)15(16)17-9-14/h8-9,13H,4-7,10-11H2,1-3H3/t13-/m1/s1. The Morgan fingerprint density at radius 2 is 2.23 bits per heavy atom. The molecule has 0 saturated carbocycles. The number of aromatic nitrogens is 1. The van der Waals surface area contributed by atoms with Crippen LogP contribution >= 0.6 is 11.6 Å². The van der Waals surface area contributed by atoms with E-state index in [9.17, 15) is 8.42 Å². The van der Waals surface area contributed by atoms with Crippen LogP contribution in [0.15, 0.2) is 17.2 Å². The monoisotopic (exact) mass is 345 g/mol. The molecule has 0 spiro atoms. The number of rotatable bonds is 6. The summed E-state index contributed by atoms with van der Waals surface area (Å²) in [5.74, 6) is 0.396. The predicted octanol–water partition coefficient (Wildman–Crippen LogP) is 2.40. The van der Waals surface area contributed by atoms with Gasteiger partial charge in [0, 0.05) is 25.8 Å². The molecule has 0 aromatic carbocycles. The van der Waals surface area contributed by atoms with E-state index in [1.54, 1.807) is 17.3 Å². The molecule has 0 N–H and O–H groups in total. The molecule has 1 atom stereocenters. The highest BCUT2D eigenvalue weighted by atomic mass is 35.5. The molecule has 1 fully saturated rings. The Kier molecular flexibility index (Phi) is 5.82. The molecular weight excluding hydrogens is 322 g/mol. The van der Waals surface area contributed by atoms with Gasteiger partial charge in [0.15, 0.2) is 0 Å². The van der Waals surface area contributed by atoms with Crippen LogP contribution in [-0.2, 0) is 10.0 Å². The Hall–Kier alpha value is -0.690. The number of nitrogens with zero attached hydrogens (tertiary/aromatic N) is 3. The third kappa shape index (κ3) is 3.98. The molecule has 1 aliphatic rings. The van der Waals surface area contributed by atoms with Gasteiger partial charge in [0.05, 0.1) is 0 Å². The number of halogens is 1. The number of hydrogen-bond acceptors (Lipinski definition) is 4. The van der Waals surface area contributed by atoms with Gasteiger partial charge in [-0.2, -0.15) is 4.31 Å². The minimum Gasteiger partial charge on any atom is -0.306 e. The lowest BCUT2D eigenvalue weighted by Gasteiger charge is -2.21. The number of pyridine rings is 1.